The van der Waals surface area contributed by atoms with E-state index in [0.717, 1.165) is 0 Å². The zero-order valence-corrected chi connectivity index (χ0v) is 16.4. The molecule has 0 saturated heterocycles. The van der Waals surface area contributed by atoms with Crippen LogP contribution in [0.15, 0.2) is 71.8 Å². The summed E-state index contributed by atoms with van der Waals surface area (Å²) in [6, 6.07) is 14.9. The molecule has 0 atom stereocenters. The highest BCUT2D eigenvalue weighted by Crippen LogP contribution is 2.37. The number of rotatable bonds is 6. The largest absolute Gasteiger partial charge is 0.497 e. The lowest BCUT2D eigenvalue weighted by atomic mass is 10.3. The minimum atomic E-state index is -4.36. The van der Waals surface area contributed by atoms with Crippen LogP contribution in [0.25, 0.3) is 0 Å². The van der Waals surface area contributed by atoms with Gasteiger partial charge in [-0.1, -0.05) is 0 Å². The van der Waals surface area contributed by atoms with E-state index in [2.05, 4.69) is 15.6 Å². The third kappa shape index (κ3) is 6.59. The molecule has 1 heterocycles. The van der Waals surface area contributed by atoms with E-state index in [1.54, 1.807) is 43.5 Å². The number of alkyl halides is 3. The second-order valence-corrected chi connectivity index (χ2v) is 6.95. The van der Waals surface area contributed by atoms with Gasteiger partial charge in [0.05, 0.1) is 19.0 Å². The third-order valence-electron chi connectivity index (χ3n) is 3.62. The molecule has 2 amide bonds. The molecule has 2 N–H and O–H groups in total. The van der Waals surface area contributed by atoms with Crippen LogP contribution in [0, 0.1) is 0 Å². The van der Waals surface area contributed by atoms with Crippen LogP contribution in [-0.4, -0.2) is 23.6 Å². The molecule has 2 aromatic carbocycles. The lowest BCUT2D eigenvalue weighted by molar-refractivity contribution is -0.0328. The molecule has 0 aliphatic heterocycles. The third-order valence-corrected chi connectivity index (χ3v) is 4.36. The number of nitrogens with zero attached hydrogens (tertiary/aromatic N) is 1. The number of carbonyl (C=O) groups is 1. The number of pyridine rings is 1. The number of anilines is 2. The van der Waals surface area contributed by atoms with Crippen LogP contribution in [0.2, 0.25) is 0 Å². The minimum Gasteiger partial charge on any atom is -0.497 e. The summed E-state index contributed by atoms with van der Waals surface area (Å²) in [6.45, 7) is 0. The molecule has 0 aliphatic rings. The molecule has 1 aromatic heterocycles. The standard InChI is InChI=1S/C20H16F3N3O3S/c1-28-15-5-7-16(8-6-15)29-18-11-4-14(12-24-18)26-19(27)25-13-2-9-17(10-3-13)30-20(21,22)23/h2-12H,1H3,(H2,25,26,27). The van der Waals surface area contributed by atoms with Crippen LogP contribution in [0.4, 0.5) is 29.3 Å². The first-order valence-corrected chi connectivity index (χ1v) is 9.34. The van der Waals surface area contributed by atoms with E-state index in [4.69, 9.17) is 9.47 Å². The molecule has 0 unspecified atom stereocenters. The Hall–Kier alpha value is -3.40. The highest BCUT2D eigenvalue weighted by atomic mass is 32.2. The van der Waals surface area contributed by atoms with Crippen LogP contribution in [-0.2, 0) is 0 Å². The van der Waals surface area contributed by atoms with Gasteiger partial charge in [-0.3, -0.25) is 0 Å². The topological polar surface area (TPSA) is 72.5 Å². The zero-order valence-electron chi connectivity index (χ0n) is 15.6. The molecule has 3 rings (SSSR count). The van der Waals surface area contributed by atoms with Crippen LogP contribution >= 0.6 is 11.8 Å². The zero-order chi connectivity index (χ0) is 21.6. The molecule has 156 valence electrons. The number of aromatic nitrogens is 1. The molecular weight excluding hydrogens is 419 g/mol. The molecule has 0 aliphatic carbocycles. The number of carbonyl (C=O) groups excluding carboxylic acids is 1. The van der Waals surface area contributed by atoms with E-state index >= 15 is 0 Å². The monoisotopic (exact) mass is 435 g/mol. The summed E-state index contributed by atoms with van der Waals surface area (Å²) in [6.07, 6.45) is 1.42. The molecule has 0 spiro atoms. The number of urea groups is 1. The minimum absolute atomic E-state index is 0.0325. The molecule has 6 nitrogen and oxygen atoms in total. The summed E-state index contributed by atoms with van der Waals surface area (Å²) in [5, 5.41) is 5.11. The molecule has 30 heavy (non-hydrogen) atoms. The lowest BCUT2D eigenvalue weighted by Crippen LogP contribution is -2.19. The second kappa shape index (κ2) is 9.40. The fourth-order valence-corrected chi connectivity index (χ4v) is 2.85. The maximum atomic E-state index is 12.3. The van der Waals surface area contributed by atoms with Crippen molar-refractivity contribution < 1.29 is 27.4 Å². The van der Waals surface area contributed by atoms with Gasteiger partial charge < -0.3 is 20.1 Å². The summed E-state index contributed by atoms with van der Waals surface area (Å²) in [7, 11) is 1.57. The lowest BCUT2D eigenvalue weighted by Gasteiger charge is -2.10. The number of nitrogens with one attached hydrogen (secondary N) is 2. The van der Waals surface area contributed by atoms with Gasteiger partial charge in [0.1, 0.15) is 11.5 Å². The number of amides is 2. The Morgan fingerprint density at radius 2 is 1.50 bits per heavy atom. The van der Waals surface area contributed by atoms with Crippen molar-refractivity contribution in [1.82, 2.24) is 4.98 Å². The van der Waals surface area contributed by atoms with Gasteiger partial charge in [0.15, 0.2) is 0 Å². The predicted octanol–water partition coefficient (Wildman–Crippen LogP) is 6.14. The first-order chi connectivity index (χ1) is 14.3. The Bertz CT molecular complexity index is 979. The number of ether oxygens (including phenoxy) is 2. The number of benzene rings is 2. The second-order valence-electron chi connectivity index (χ2n) is 5.81. The van der Waals surface area contributed by atoms with Gasteiger partial charge in [0, 0.05) is 16.6 Å². The number of hydrogen-bond acceptors (Lipinski definition) is 5. The molecule has 0 saturated carbocycles. The average molecular weight is 435 g/mol. The van der Waals surface area contributed by atoms with Gasteiger partial charge in [-0.2, -0.15) is 13.2 Å². The predicted molar refractivity (Wildman–Crippen MR) is 108 cm³/mol. The van der Waals surface area contributed by atoms with Crippen molar-refractivity contribution in [2.45, 2.75) is 10.4 Å². The highest BCUT2D eigenvalue weighted by Gasteiger charge is 2.29. The maximum absolute atomic E-state index is 12.3. The Kier molecular flexibility index (Phi) is 6.68. The molecule has 0 radical (unpaired) electrons. The van der Waals surface area contributed by atoms with Crippen LogP contribution in [0.3, 0.4) is 0 Å². The van der Waals surface area contributed by atoms with Gasteiger partial charge in [-0.25, -0.2) is 9.78 Å². The van der Waals surface area contributed by atoms with Crippen molar-refractivity contribution in [2.24, 2.45) is 0 Å². The van der Waals surface area contributed by atoms with E-state index in [1.165, 1.54) is 30.5 Å². The average Bonchev–Trinajstić information content (AvgIpc) is 2.70. The molecule has 0 fully saturated rings. The van der Waals surface area contributed by atoms with Gasteiger partial charge in [0.25, 0.3) is 0 Å². The van der Waals surface area contributed by atoms with Crippen LogP contribution < -0.4 is 20.1 Å². The van der Waals surface area contributed by atoms with Crippen molar-refractivity contribution in [3.05, 3.63) is 66.9 Å². The Morgan fingerprint density at radius 1 is 0.900 bits per heavy atom. The quantitative estimate of drug-likeness (QED) is 0.455. The van der Waals surface area contributed by atoms with Gasteiger partial charge in [0.2, 0.25) is 5.88 Å². The summed E-state index contributed by atoms with van der Waals surface area (Å²) < 4.78 is 47.7. The Balaban J connectivity index is 1.52. The maximum Gasteiger partial charge on any atom is 0.446 e. The van der Waals surface area contributed by atoms with Crippen molar-refractivity contribution >= 4 is 29.2 Å². The number of halogens is 3. The van der Waals surface area contributed by atoms with E-state index in [-0.39, 0.29) is 16.7 Å². The van der Waals surface area contributed by atoms with Crippen molar-refractivity contribution in [1.29, 1.82) is 0 Å². The fourth-order valence-electron chi connectivity index (χ4n) is 2.31. The first kappa shape index (κ1) is 21.3. The van der Waals surface area contributed by atoms with Crippen molar-refractivity contribution in [3.8, 4) is 17.4 Å². The Labute approximate surface area is 174 Å². The summed E-state index contributed by atoms with van der Waals surface area (Å²) in [5.41, 5.74) is -3.59. The number of thioether (sulfide) groups is 1. The van der Waals surface area contributed by atoms with E-state index < -0.39 is 11.5 Å². The summed E-state index contributed by atoms with van der Waals surface area (Å²) >= 11 is -0.220. The van der Waals surface area contributed by atoms with Gasteiger partial charge >= 0.3 is 11.5 Å². The first-order valence-electron chi connectivity index (χ1n) is 8.52. The number of hydrogen-bond donors (Lipinski definition) is 2. The SMILES string of the molecule is COc1ccc(Oc2ccc(NC(=O)Nc3ccc(SC(F)(F)F)cc3)cn2)cc1. The molecule has 0 bridgehead atoms. The van der Waals surface area contributed by atoms with Crippen molar-refractivity contribution in [2.75, 3.05) is 17.7 Å². The van der Waals surface area contributed by atoms with E-state index in [1.807, 2.05) is 0 Å². The molecular formula is C20H16F3N3O3S. The molecule has 10 heteroatoms. The highest BCUT2D eigenvalue weighted by molar-refractivity contribution is 8.00. The smallest absolute Gasteiger partial charge is 0.446 e. The van der Waals surface area contributed by atoms with E-state index in [0.29, 0.717) is 28.8 Å². The van der Waals surface area contributed by atoms with Gasteiger partial charge in [-0.15, -0.1) is 0 Å². The molecule has 3 aromatic rings. The fraction of sp³-hybridized carbons (Fsp3) is 0.100. The van der Waals surface area contributed by atoms with Crippen LogP contribution in [0.5, 0.6) is 17.4 Å². The van der Waals surface area contributed by atoms with Gasteiger partial charge in [-0.05, 0) is 66.4 Å². The summed E-state index contributed by atoms with van der Waals surface area (Å²) in [4.78, 5) is 16.2. The van der Waals surface area contributed by atoms with Crippen LogP contribution in [0.1, 0.15) is 0 Å². The number of methoxy groups -OCH3 is 1. The summed E-state index contributed by atoms with van der Waals surface area (Å²) in [5.74, 6) is 1.62. The van der Waals surface area contributed by atoms with Crippen molar-refractivity contribution in [3.63, 3.8) is 0 Å². The Morgan fingerprint density at radius 3 is 2.07 bits per heavy atom. The van der Waals surface area contributed by atoms with E-state index in [9.17, 15) is 18.0 Å². The normalized spacial score (nSPS) is 10.9.